The van der Waals surface area contributed by atoms with E-state index in [9.17, 15) is 9.59 Å². The molecule has 0 bridgehead atoms. The summed E-state index contributed by atoms with van der Waals surface area (Å²) in [6.45, 7) is -0.0629. The molecule has 2 amide bonds. The summed E-state index contributed by atoms with van der Waals surface area (Å²) in [6.07, 6.45) is 5.29. The van der Waals surface area contributed by atoms with Gasteiger partial charge in [0.15, 0.2) is 0 Å². The van der Waals surface area contributed by atoms with Crippen LogP contribution in [0.4, 0.5) is 5.69 Å². The highest BCUT2D eigenvalue weighted by Crippen LogP contribution is 2.31. The van der Waals surface area contributed by atoms with Gasteiger partial charge in [0, 0.05) is 11.7 Å². The number of carbonyl (C=O) groups excluding carboxylic acids is 2. The molecule has 1 aliphatic rings. The van der Waals surface area contributed by atoms with Gasteiger partial charge in [-0.25, -0.2) is 4.68 Å². The first-order valence-electron chi connectivity index (χ1n) is 12.7. The zero-order valence-corrected chi connectivity index (χ0v) is 20.9. The molecular formula is C29H31N5O3. The van der Waals surface area contributed by atoms with Gasteiger partial charge in [-0.15, -0.1) is 5.10 Å². The lowest BCUT2D eigenvalue weighted by Gasteiger charge is -2.33. The van der Waals surface area contributed by atoms with Gasteiger partial charge in [0.1, 0.15) is 23.9 Å². The summed E-state index contributed by atoms with van der Waals surface area (Å²) in [6, 6.07) is 23.4. The van der Waals surface area contributed by atoms with Crippen LogP contribution in [0.3, 0.4) is 0 Å². The van der Waals surface area contributed by atoms with Crippen molar-refractivity contribution in [2.75, 3.05) is 12.0 Å². The van der Waals surface area contributed by atoms with Crippen LogP contribution in [0.1, 0.15) is 43.7 Å². The van der Waals surface area contributed by atoms with E-state index in [0.717, 1.165) is 36.8 Å². The molecule has 5 rings (SSSR count). The fourth-order valence-corrected chi connectivity index (χ4v) is 5.00. The minimum Gasteiger partial charge on any atom is -0.497 e. The van der Waals surface area contributed by atoms with Gasteiger partial charge in [-0.2, -0.15) is 0 Å². The van der Waals surface area contributed by atoms with Crippen LogP contribution in [0.15, 0.2) is 78.9 Å². The Balaban J connectivity index is 1.54. The topological polar surface area (TPSA) is 89.3 Å². The molecule has 0 unspecified atom stereocenters. The highest BCUT2D eigenvalue weighted by atomic mass is 16.5. The second-order valence-corrected chi connectivity index (χ2v) is 9.35. The molecule has 1 heterocycles. The number of nitrogens with zero attached hydrogens (tertiary/aromatic N) is 4. The molecule has 190 valence electrons. The van der Waals surface area contributed by atoms with Crippen LogP contribution in [0.25, 0.3) is 11.0 Å². The van der Waals surface area contributed by atoms with Crippen molar-refractivity contribution in [3.05, 3.63) is 84.4 Å². The number of carbonyl (C=O) groups is 2. The normalized spacial score (nSPS) is 14.7. The van der Waals surface area contributed by atoms with Gasteiger partial charge in [0.05, 0.1) is 12.6 Å². The number of fused-ring (bicyclic) bond motifs is 1. The summed E-state index contributed by atoms with van der Waals surface area (Å²) in [7, 11) is 1.60. The largest absolute Gasteiger partial charge is 0.497 e. The molecule has 1 aromatic heterocycles. The van der Waals surface area contributed by atoms with E-state index in [1.165, 1.54) is 6.42 Å². The predicted molar refractivity (Wildman–Crippen MR) is 142 cm³/mol. The first-order chi connectivity index (χ1) is 18.1. The maximum atomic E-state index is 14.0. The third kappa shape index (κ3) is 5.48. The molecule has 0 saturated heterocycles. The second kappa shape index (κ2) is 11.2. The number of aromatic nitrogens is 3. The van der Waals surface area contributed by atoms with Crippen molar-refractivity contribution in [1.82, 2.24) is 20.3 Å². The number of methoxy groups -OCH3 is 1. The number of hydrogen-bond acceptors (Lipinski definition) is 5. The first kappa shape index (κ1) is 24.5. The van der Waals surface area contributed by atoms with Gasteiger partial charge in [-0.3, -0.25) is 14.5 Å². The Hall–Kier alpha value is -4.20. The fourth-order valence-electron chi connectivity index (χ4n) is 5.00. The van der Waals surface area contributed by atoms with Crippen molar-refractivity contribution in [2.24, 2.45) is 0 Å². The molecule has 3 aromatic carbocycles. The second-order valence-electron chi connectivity index (χ2n) is 9.35. The molecule has 8 nitrogen and oxygen atoms in total. The number of amides is 2. The van der Waals surface area contributed by atoms with E-state index in [1.54, 1.807) is 41.0 Å². The zero-order valence-electron chi connectivity index (χ0n) is 20.9. The van der Waals surface area contributed by atoms with E-state index in [-0.39, 0.29) is 24.4 Å². The van der Waals surface area contributed by atoms with Gasteiger partial charge >= 0.3 is 0 Å². The van der Waals surface area contributed by atoms with E-state index >= 15 is 0 Å². The average Bonchev–Trinajstić information content (AvgIpc) is 3.35. The third-order valence-corrected chi connectivity index (χ3v) is 6.90. The van der Waals surface area contributed by atoms with Crippen molar-refractivity contribution in [1.29, 1.82) is 0 Å². The number of benzene rings is 3. The quantitative estimate of drug-likeness (QED) is 0.382. The summed E-state index contributed by atoms with van der Waals surface area (Å²) in [5.41, 5.74) is 2.81. The number of ether oxygens (including phenoxy) is 1. The van der Waals surface area contributed by atoms with Crippen molar-refractivity contribution in [3.8, 4) is 5.75 Å². The number of anilines is 1. The van der Waals surface area contributed by atoms with E-state index in [2.05, 4.69) is 15.6 Å². The van der Waals surface area contributed by atoms with E-state index in [1.807, 2.05) is 54.6 Å². The SMILES string of the molecule is COc1ccc(N(C(=O)Cn2nnc3ccccc32)[C@@H](C(=O)NC2CCCCC2)c2ccccc2)cc1. The van der Waals surface area contributed by atoms with Crippen molar-refractivity contribution < 1.29 is 14.3 Å². The van der Waals surface area contributed by atoms with Crippen LogP contribution in [0.2, 0.25) is 0 Å². The monoisotopic (exact) mass is 497 g/mol. The molecule has 1 atom stereocenters. The van der Waals surface area contributed by atoms with Gasteiger partial charge in [-0.05, 0) is 54.8 Å². The van der Waals surface area contributed by atoms with Crippen LogP contribution in [0.5, 0.6) is 5.75 Å². The Morgan fingerprint density at radius 3 is 2.41 bits per heavy atom. The molecular weight excluding hydrogens is 466 g/mol. The van der Waals surface area contributed by atoms with Crippen molar-refractivity contribution in [2.45, 2.75) is 50.7 Å². The Labute approximate surface area is 216 Å². The average molecular weight is 498 g/mol. The lowest BCUT2D eigenvalue weighted by molar-refractivity contribution is -0.127. The highest BCUT2D eigenvalue weighted by Gasteiger charge is 2.34. The molecule has 1 fully saturated rings. The summed E-state index contributed by atoms with van der Waals surface area (Å²) >= 11 is 0. The molecule has 8 heteroatoms. The molecule has 0 aliphatic heterocycles. The lowest BCUT2D eigenvalue weighted by atomic mass is 9.94. The Bertz CT molecular complexity index is 1350. The lowest BCUT2D eigenvalue weighted by Crippen LogP contribution is -2.48. The Morgan fingerprint density at radius 1 is 0.973 bits per heavy atom. The molecule has 1 N–H and O–H groups in total. The van der Waals surface area contributed by atoms with Crippen LogP contribution in [0, 0.1) is 0 Å². The summed E-state index contributed by atoms with van der Waals surface area (Å²) in [5.74, 6) is 0.209. The maximum Gasteiger partial charge on any atom is 0.249 e. The number of para-hydroxylation sites is 1. The van der Waals surface area contributed by atoms with Crippen molar-refractivity contribution in [3.63, 3.8) is 0 Å². The predicted octanol–water partition coefficient (Wildman–Crippen LogP) is 4.66. The highest BCUT2D eigenvalue weighted by molar-refractivity contribution is 6.01. The first-order valence-corrected chi connectivity index (χ1v) is 12.7. The number of hydrogen-bond donors (Lipinski definition) is 1. The molecule has 1 saturated carbocycles. The summed E-state index contributed by atoms with van der Waals surface area (Å²) < 4.78 is 6.91. The maximum absolute atomic E-state index is 14.0. The standard InChI is InChI=1S/C29H31N5O3/c1-37-24-18-16-23(17-19-24)34(27(35)20-33-26-15-9-8-14-25(26)31-32-33)28(21-10-4-2-5-11-21)29(36)30-22-12-6-3-7-13-22/h2,4-5,8-11,14-19,22,28H,3,6-7,12-13,20H2,1H3,(H,30,36)/t28-/m1/s1. The fraction of sp³-hybridized carbons (Fsp3) is 0.310. The van der Waals surface area contributed by atoms with Crippen molar-refractivity contribution >= 4 is 28.5 Å². The Morgan fingerprint density at radius 2 is 1.68 bits per heavy atom. The van der Waals surface area contributed by atoms with Gasteiger partial charge in [0.25, 0.3) is 0 Å². The zero-order chi connectivity index (χ0) is 25.6. The molecule has 4 aromatic rings. The van der Waals surface area contributed by atoms with Crippen LogP contribution < -0.4 is 15.0 Å². The Kier molecular flexibility index (Phi) is 7.44. The number of nitrogens with one attached hydrogen (secondary N) is 1. The minimum atomic E-state index is -0.848. The van der Waals surface area contributed by atoms with E-state index in [4.69, 9.17) is 4.74 Å². The molecule has 0 radical (unpaired) electrons. The molecule has 0 spiro atoms. The number of rotatable bonds is 8. The van der Waals surface area contributed by atoms with Gasteiger partial charge in [-0.1, -0.05) is 66.9 Å². The van der Waals surface area contributed by atoms with E-state index < -0.39 is 6.04 Å². The third-order valence-electron chi connectivity index (χ3n) is 6.90. The van der Waals surface area contributed by atoms with Crippen LogP contribution in [-0.2, 0) is 16.1 Å². The minimum absolute atomic E-state index is 0.0629. The van der Waals surface area contributed by atoms with E-state index in [0.29, 0.717) is 17.0 Å². The van der Waals surface area contributed by atoms with Gasteiger partial charge in [0.2, 0.25) is 11.8 Å². The van der Waals surface area contributed by atoms with Gasteiger partial charge < -0.3 is 10.1 Å². The van der Waals surface area contributed by atoms with Crippen LogP contribution >= 0.6 is 0 Å². The summed E-state index contributed by atoms with van der Waals surface area (Å²) in [4.78, 5) is 29.5. The van der Waals surface area contributed by atoms with Crippen LogP contribution in [-0.4, -0.2) is 40.0 Å². The molecule has 1 aliphatic carbocycles. The molecule has 37 heavy (non-hydrogen) atoms. The smallest absolute Gasteiger partial charge is 0.249 e. The summed E-state index contributed by atoms with van der Waals surface area (Å²) in [5, 5.41) is 11.6.